The summed E-state index contributed by atoms with van der Waals surface area (Å²) in [6, 6.07) is 18.6. The number of benzene rings is 2. The van der Waals surface area contributed by atoms with Crippen LogP contribution in [-0.2, 0) is 19.9 Å². The zero-order valence-electron chi connectivity index (χ0n) is 15.2. The molecule has 0 saturated carbocycles. The zero-order valence-corrected chi connectivity index (χ0v) is 15.2. The summed E-state index contributed by atoms with van der Waals surface area (Å²) in [4.78, 5) is 15.3. The van der Waals surface area contributed by atoms with Crippen molar-refractivity contribution in [2.45, 2.75) is 24.7 Å². The molecule has 1 N–H and O–H groups in total. The van der Waals surface area contributed by atoms with Gasteiger partial charge in [-0.3, -0.25) is 4.79 Å². The van der Waals surface area contributed by atoms with Gasteiger partial charge >= 0.3 is 0 Å². The Bertz CT molecular complexity index is 680. The lowest BCUT2D eigenvalue weighted by molar-refractivity contribution is -0.156. The van der Waals surface area contributed by atoms with Crippen molar-refractivity contribution in [1.82, 2.24) is 4.90 Å². The van der Waals surface area contributed by atoms with Gasteiger partial charge in [0.15, 0.2) is 5.60 Å². The number of hydrogen-bond donors (Lipinski definition) is 1. The molecule has 0 unspecified atom stereocenters. The molecule has 3 rings (SSSR count). The van der Waals surface area contributed by atoms with E-state index in [1.54, 1.807) is 11.9 Å². The molecule has 1 heterocycles. The van der Waals surface area contributed by atoms with Gasteiger partial charge in [-0.05, 0) is 18.1 Å². The largest absolute Gasteiger partial charge is 0.388 e. The second kappa shape index (κ2) is 7.99. The smallest absolute Gasteiger partial charge is 0.264 e. The summed E-state index contributed by atoms with van der Waals surface area (Å²) in [6.07, 6.45) is -0.699. The quantitative estimate of drug-likeness (QED) is 0.863. The van der Waals surface area contributed by atoms with Gasteiger partial charge in [0.2, 0.25) is 0 Å². The summed E-state index contributed by atoms with van der Waals surface area (Å²) in [5.41, 5.74) is 0.255. The first-order valence-corrected chi connectivity index (χ1v) is 8.89. The Morgan fingerprint density at radius 3 is 2.08 bits per heavy atom. The lowest BCUT2D eigenvalue weighted by Gasteiger charge is -2.38. The molecular formula is C21H25NO4. The maximum atomic E-state index is 13.7. The molecule has 5 nitrogen and oxygen atoms in total. The molecule has 1 amide bonds. The van der Waals surface area contributed by atoms with Crippen molar-refractivity contribution in [2.75, 3.05) is 26.9 Å². The summed E-state index contributed by atoms with van der Waals surface area (Å²) >= 11 is 0. The summed E-state index contributed by atoms with van der Waals surface area (Å²) in [5.74, 6) is -0.216. The SMILES string of the molecule is CCOC(C(=O)N(C)[C@@H]1COC[C@H]1O)(c1ccccc1)c1ccccc1. The fraction of sp³-hybridized carbons (Fsp3) is 0.381. The molecule has 0 aliphatic carbocycles. The van der Waals surface area contributed by atoms with Crippen molar-refractivity contribution in [3.8, 4) is 0 Å². The fourth-order valence-electron chi connectivity index (χ4n) is 3.50. The number of likely N-dealkylation sites (N-methyl/N-ethyl adjacent to an activating group) is 1. The van der Waals surface area contributed by atoms with E-state index in [9.17, 15) is 9.90 Å². The van der Waals surface area contributed by atoms with Gasteiger partial charge < -0.3 is 19.5 Å². The average Bonchev–Trinajstić information content (AvgIpc) is 3.12. The van der Waals surface area contributed by atoms with Crippen LogP contribution in [0.2, 0.25) is 0 Å². The van der Waals surface area contributed by atoms with E-state index in [0.717, 1.165) is 11.1 Å². The lowest BCUT2D eigenvalue weighted by Crippen LogP contribution is -2.54. The summed E-state index contributed by atoms with van der Waals surface area (Å²) < 4.78 is 11.5. The highest BCUT2D eigenvalue weighted by Crippen LogP contribution is 2.36. The van der Waals surface area contributed by atoms with Crippen LogP contribution in [0.5, 0.6) is 0 Å². The van der Waals surface area contributed by atoms with Crippen LogP contribution in [0.3, 0.4) is 0 Å². The van der Waals surface area contributed by atoms with Crippen LogP contribution in [0, 0.1) is 0 Å². The number of rotatable bonds is 6. The van der Waals surface area contributed by atoms with Crippen molar-refractivity contribution in [2.24, 2.45) is 0 Å². The van der Waals surface area contributed by atoms with E-state index >= 15 is 0 Å². The molecule has 1 fully saturated rings. The molecule has 2 aromatic rings. The van der Waals surface area contributed by atoms with E-state index in [0.29, 0.717) is 13.2 Å². The maximum Gasteiger partial charge on any atom is 0.264 e. The monoisotopic (exact) mass is 355 g/mol. The minimum atomic E-state index is -1.27. The van der Waals surface area contributed by atoms with Gasteiger partial charge in [-0.1, -0.05) is 60.7 Å². The Morgan fingerprint density at radius 1 is 1.12 bits per heavy atom. The highest BCUT2D eigenvalue weighted by molar-refractivity contribution is 5.90. The molecule has 138 valence electrons. The van der Waals surface area contributed by atoms with Gasteiger partial charge in [-0.2, -0.15) is 0 Å². The second-order valence-electron chi connectivity index (χ2n) is 6.43. The maximum absolute atomic E-state index is 13.7. The van der Waals surface area contributed by atoms with Crippen molar-refractivity contribution in [1.29, 1.82) is 0 Å². The molecule has 5 heteroatoms. The number of ether oxygens (including phenoxy) is 2. The van der Waals surface area contributed by atoms with Crippen LogP contribution in [-0.4, -0.2) is 54.9 Å². The number of carbonyl (C=O) groups is 1. The minimum Gasteiger partial charge on any atom is -0.388 e. The third-order valence-corrected chi connectivity index (χ3v) is 4.86. The predicted octanol–water partition coefficient (Wildman–Crippen LogP) is 2.18. The fourth-order valence-corrected chi connectivity index (χ4v) is 3.50. The van der Waals surface area contributed by atoms with Gasteiger partial charge in [0, 0.05) is 13.7 Å². The Hall–Kier alpha value is -2.21. The molecule has 1 saturated heterocycles. The van der Waals surface area contributed by atoms with Crippen LogP contribution >= 0.6 is 0 Å². The highest BCUT2D eigenvalue weighted by atomic mass is 16.5. The van der Waals surface area contributed by atoms with Crippen LogP contribution in [0.15, 0.2) is 60.7 Å². The molecule has 0 spiro atoms. The summed E-state index contributed by atoms with van der Waals surface area (Å²) in [6.45, 7) is 2.80. The summed E-state index contributed by atoms with van der Waals surface area (Å²) in [7, 11) is 1.70. The Balaban J connectivity index is 2.11. The number of nitrogens with zero attached hydrogens (tertiary/aromatic N) is 1. The van der Waals surface area contributed by atoms with Crippen LogP contribution in [0.25, 0.3) is 0 Å². The predicted molar refractivity (Wildman–Crippen MR) is 98.7 cm³/mol. The lowest BCUT2D eigenvalue weighted by atomic mass is 9.84. The first-order valence-electron chi connectivity index (χ1n) is 8.89. The molecule has 2 aromatic carbocycles. The molecule has 2 atom stereocenters. The molecular weight excluding hydrogens is 330 g/mol. The van der Waals surface area contributed by atoms with Gasteiger partial charge in [0.25, 0.3) is 5.91 Å². The van der Waals surface area contributed by atoms with Crippen molar-refractivity contribution >= 4 is 5.91 Å². The number of aliphatic hydroxyl groups excluding tert-OH is 1. The molecule has 0 bridgehead atoms. The number of carbonyl (C=O) groups excluding carboxylic acids is 1. The third kappa shape index (κ3) is 3.26. The minimum absolute atomic E-state index is 0.216. The molecule has 0 aromatic heterocycles. The van der Waals surface area contributed by atoms with Gasteiger partial charge in [-0.25, -0.2) is 0 Å². The van der Waals surface area contributed by atoms with Crippen LogP contribution in [0.4, 0.5) is 0 Å². The zero-order chi connectivity index (χ0) is 18.6. The standard InChI is InChI=1S/C21H25NO4/c1-3-26-21(16-10-6-4-7-11-16,17-12-8-5-9-13-17)20(24)22(2)18-14-25-15-19(18)23/h4-13,18-19,23H,3,14-15H2,1-2H3/t18-,19-/m1/s1. The average molecular weight is 355 g/mol. The second-order valence-corrected chi connectivity index (χ2v) is 6.43. The van der Waals surface area contributed by atoms with Crippen LogP contribution < -0.4 is 0 Å². The number of aliphatic hydroxyl groups is 1. The molecule has 1 aliphatic rings. The third-order valence-electron chi connectivity index (χ3n) is 4.86. The van der Waals surface area contributed by atoms with E-state index in [4.69, 9.17) is 9.47 Å². The Morgan fingerprint density at radius 2 is 1.65 bits per heavy atom. The van der Waals surface area contributed by atoms with E-state index in [1.165, 1.54) is 0 Å². The highest BCUT2D eigenvalue weighted by Gasteiger charge is 2.47. The van der Waals surface area contributed by atoms with Crippen molar-refractivity contribution in [3.05, 3.63) is 71.8 Å². The molecule has 1 aliphatic heterocycles. The van der Waals surface area contributed by atoms with Gasteiger partial charge in [0.05, 0.1) is 25.4 Å². The first-order chi connectivity index (χ1) is 12.6. The summed E-state index contributed by atoms with van der Waals surface area (Å²) in [5, 5.41) is 10.2. The van der Waals surface area contributed by atoms with Gasteiger partial charge in [-0.15, -0.1) is 0 Å². The Labute approximate surface area is 154 Å². The van der Waals surface area contributed by atoms with E-state index < -0.39 is 17.7 Å². The van der Waals surface area contributed by atoms with E-state index in [-0.39, 0.29) is 12.5 Å². The number of amides is 1. The molecule has 26 heavy (non-hydrogen) atoms. The van der Waals surface area contributed by atoms with Crippen molar-refractivity contribution in [3.63, 3.8) is 0 Å². The normalized spacial score (nSPS) is 20.1. The number of hydrogen-bond acceptors (Lipinski definition) is 4. The Kier molecular flexibility index (Phi) is 5.71. The van der Waals surface area contributed by atoms with Gasteiger partial charge in [0.1, 0.15) is 0 Å². The van der Waals surface area contributed by atoms with E-state index in [1.807, 2.05) is 67.6 Å². The molecule has 0 radical (unpaired) electrons. The van der Waals surface area contributed by atoms with Crippen LogP contribution in [0.1, 0.15) is 18.1 Å². The first kappa shape index (κ1) is 18.6. The van der Waals surface area contributed by atoms with E-state index in [2.05, 4.69) is 0 Å². The topological polar surface area (TPSA) is 59.0 Å². The van der Waals surface area contributed by atoms with Crippen molar-refractivity contribution < 1.29 is 19.4 Å².